The number of thiazole rings is 1. The fourth-order valence-electron chi connectivity index (χ4n) is 1.91. The van der Waals surface area contributed by atoms with Crippen LogP contribution in [0, 0.1) is 0 Å². The van der Waals surface area contributed by atoms with Crippen LogP contribution in [0.4, 0.5) is 0 Å². The second-order valence-electron chi connectivity index (χ2n) is 4.96. The van der Waals surface area contributed by atoms with Gasteiger partial charge in [-0.05, 0) is 25.5 Å². The molecule has 1 atom stereocenters. The average Bonchev–Trinajstić information content (AvgIpc) is 3.05. The molecule has 0 bridgehead atoms. The first-order chi connectivity index (χ1) is 9.10. The normalized spacial score (nSPS) is 14.7. The Morgan fingerprint density at radius 2 is 2.16 bits per heavy atom. The minimum atomic E-state index is -0.366. The maximum atomic E-state index is 6.22. The molecule has 0 aliphatic rings. The zero-order valence-corrected chi connectivity index (χ0v) is 11.8. The van der Waals surface area contributed by atoms with Gasteiger partial charge in [0.25, 0.3) is 0 Å². The first kappa shape index (κ1) is 12.4. The van der Waals surface area contributed by atoms with E-state index in [1.807, 2.05) is 42.6 Å². The van der Waals surface area contributed by atoms with Gasteiger partial charge >= 0.3 is 0 Å². The summed E-state index contributed by atoms with van der Waals surface area (Å²) in [6.45, 7) is 4.08. The molecule has 98 valence electrons. The summed E-state index contributed by atoms with van der Waals surface area (Å²) in [5.74, 6) is 0.801. The molecule has 0 amide bonds. The molecular formula is C15H16N2OS. The van der Waals surface area contributed by atoms with Crippen LogP contribution >= 0.6 is 11.3 Å². The van der Waals surface area contributed by atoms with Gasteiger partial charge in [-0.2, -0.15) is 0 Å². The Labute approximate surface area is 116 Å². The summed E-state index contributed by atoms with van der Waals surface area (Å²) in [4.78, 5) is 4.62. The van der Waals surface area contributed by atoms with E-state index in [0.29, 0.717) is 0 Å². The third-order valence-electron chi connectivity index (χ3n) is 3.41. The van der Waals surface area contributed by atoms with Crippen LogP contribution in [0.1, 0.15) is 25.3 Å². The van der Waals surface area contributed by atoms with E-state index in [-0.39, 0.29) is 5.54 Å². The van der Waals surface area contributed by atoms with Crippen molar-refractivity contribution in [3.05, 3.63) is 40.7 Å². The number of nitrogens with two attached hydrogens (primary N) is 1. The largest absolute Gasteiger partial charge is 0.454 e. The minimum absolute atomic E-state index is 0.366. The molecule has 2 heterocycles. The van der Waals surface area contributed by atoms with Gasteiger partial charge in [0, 0.05) is 10.8 Å². The quantitative estimate of drug-likeness (QED) is 0.779. The number of furan rings is 1. The molecule has 4 heteroatoms. The number of hydrogen-bond acceptors (Lipinski definition) is 4. The highest BCUT2D eigenvalue weighted by molar-refractivity contribution is 7.10. The smallest absolute Gasteiger partial charge is 0.154 e. The van der Waals surface area contributed by atoms with Gasteiger partial charge in [-0.15, -0.1) is 11.3 Å². The molecule has 3 rings (SSSR count). The van der Waals surface area contributed by atoms with E-state index < -0.39 is 0 Å². The van der Waals surface area contributed by atoms with Crippen LogP contribution in [-0.4, -0.2) is 4.98 Å². The van der Waals surface area contributed by atoms with Crippen molar-refractivity contribution in [3.63, 3.8) is 0 Å². The summed E-state index contributed by atoms with van der Waals surface area (Å²) in [5.41, 5.74) is 7.60. The SMILES string of the molecule is CCC(C)(N)c1nc(-c2cc3ccccc3o2)cs1. The van der Waals surface area contributed by atoms with Crippen LogP contribution in [0.15, 0.2) is 40.1 Å². The second-order valence-corrected chi connectivity index (χ2v) is 5.82. The predicted molar refractivity (Wildman–Crippen MR) is 79.2 cm³/mol. The lowest BCUT2D eigenvalue weighted by Gasteiger charge is -2.18. The minimum Gasteiger partial charge on any atom is -0.454 e. The zero-order chi connectivity index (χ0) is 13.5. The lowest BCUT2D eigenvalue weighted by molar-refractivity contribution is 0.473. The van der Waals surface area contributed by atoms with E-state index in [1.54, 1.807) is 11.3 Å². The van der Waals surface area contributed by atoms with Crippen LogP contribution in [-0.2, 0) is 5.54 Å². The summed E-state index contributed by atoms with van der Waals surface area (Å²) >= 11 is 1.59. The van der Waals surface area contributed by atoms with E-state index >= 15 is 0 Å². The Kier molecular flexibility index (Phi) is 2.92. The fraction of sp³-hybridized carbons (Fsp3) is 0.267. The molecule has 19 heavy (non-hydrogen) atoms. The maximum Gasteiger partial charge on any atom is 0.154 e. The molecule has 0 aliphatic heterocycles. The molecule has 3 nitrogen and oxygen atoms in total. The first-order valence-corrected chi connectivity index (χ1v) is 7.22. The van der Waals surface area contributed by atoms with Crippen molar-refractivity contribution >= 4 is 22.3 Å². The number of rotatable bonds is 3. The van der Waals surface area contributed by atoms with Crippen LogP contribution in [0.2, 0.25) is 0 Å². The van der Waals surface area contributed by atoms with E-state index in [2.05, 4.69) is 11.9 Å². The Hall–Kier alpha value is -1.65. The van der Waals surface area contributed by atoms with Crippen molar-refractivity contribution in [1.82, 2.24) is 4.98 Å². The molecule has 0 spiro atoms. The molecule has 1 unspecified atom stereocenters. The van der Waals surface area contributed by atoms with Crippen molar-refractivity contribution in [3.8, 4) is 11.5 Å². The number of para-hydroxylation sites is 1. The Bertz CT molecular complexity index is 679. The third kappa shape index (κ3) is 2.17. The van der Waals surface area contributed by atoms with Gasteiger partial charge in [-0.1, -0.05) is 25.1 Å². The monoisotopic (exact) mass is 272 g/mol. The Morgan fingerprint density at radius 3 is 2.89 bits per heavy atom. The lowest BCUT2D eigenvalue weighted by Crippen LogP contribution is -2.31. The predicted octanol–water partition coefficient (Wildman–Crippen LogP) is 4.14. The van der Waals surface area contributed by atoms with Crippen molar-refractivity contribution in [2.75, 3.05) is 0 Å². The van der Waals surface area contributed by atoms with E-state index in [9.17, 15) is 0 Å². The summed E-state index contributed by atoms with van der Waals surface area (Å²) in [7, 11) is 0. The van der Waals surface area contributed by atoms with Gasteiger partial charge in [0.2, 0.25) is 0 Å². The molecular weight excluding hydrogens is 256 g/mol. The topological polar surface area (TPSA) is 52.0 Å². The molecule has 0 saturated heterocycles. The number of nitrogens with zero attached hydrogens (tertiary/aromatic N) is 1. The van der Waals surface area contributed by atoms with Crippen LogP contribution in [0.5, 0.6) is 0 Å². The van der Waals surface area contributed by atoms with Crippen molar-refractivity contribution in [1.29, 1.82) is 0 Å². The van der Waals surface area contributed by atoms with E-state index in [4.69, 9.17) is 10.2 Å². The standard InChI is InChI=1S/C15H16N2OS/c1-3-15(2,16)14-17-11(9-19-14)13-8-10-6-4-5-7-12(10)18-13/h4-9H,3,16H2,1-2H3. The highest BCUT2D eigenvalue weighted by Crippen LogP contribution is 2.32. The third-order valence-corrected chi connectivity index (χ3v) is 4.53. The van der Waals surface area contributed by atoms with Crippen molar-refractivity contribution in [2.45, 2.75) is 25.8 Å². The van der Waals surface area contributed by atoms with Gasteiger partial charge in [0.15, 0.2) is 5.76 Å². The van der Waals surface area contributed by atoms with Crippen molar-refractivity contribution < 1.29 is 4.42 Å². The van der Waals surface area contributed by atoms with Crippen LogP contribution < -0.4 is 5.73 Å². The number of benzene rings is 1. The first-order valence-electron chi connectivity index (χ1n) is 6.34. The summed E-state index contributed by atoms with van der Waals surface area (Å²) < 4.78 is 5.82. The number of hydrogen-bond donors (Lipinski definition) is 1. The molecule has 2 aromatic heterocycles. The fourth-order valence-corrected chi connectivity index (χ4v) is 2.87. The molecule has 0 saturated carbocycles. The number of fused-ring (bicyclic) bond motifs is 1. The van der Waals surface area contributed by atoms with E-state index in [0.717, 1.165) is 33.9 Å². The summed E-state index contributed by atoms with van der Waals surface area (Å²) in [5, 5.41) is 4.05. The van der Waals surface area contributed by atoms with E-state index in [1.165, 1.54) is 0 Å². The molecule has 0 aliphatic carbocycles. The second kappa shape index (κ2) is 4.47. The Balaban J connectivity index is 2.03. The van der Waals surface area contributed by atoms with Crippen molar-refractivity contribution in [2.24, 2.45) is 5.73 Å². The van der Waals surface area contributed by atoms with Gasteiger partial charge in [-0.25, -0.2) is 4.98 Å². The van der Waals surface area contributed by atoms with Gasteiger partial charge < -0.3 is 10.2 Å². The average molecular weight is 272 g/mol. The Morgan fingerprint density at radius 1 is 1.37 bits per heavy atom. The van der Waals surface area contributed by atoms with Crippen LogP contribution in [0.25, 0.3) is 22.4 Å². The van der Waals surface area contributed by atoms with Gasteiger partial charge in [0.1, 0.15) is 16.3 Å². The molecule has 1 aromatic carbocycles. The molecule has 3 aromatic rings. The summed E-state index contributed by atoms with van der Waals surface area (Å²) in [6, 6.07) is 9.99. The van der Waals surface area contributed by atoms with Gasteiger partial charge in [-0.3, -0.25) is 0 Å². The molecule has 0 fully saturated rings. The lowest BCUT2D eigenvalue weighted by atomic mass is 10.0. The molecule has 0 radical (unpaired) electrons. The molecule has 2 N–H and O–H groups in total. The van der Waals surface area contributed by atoms with Crippen LogP contribution in [0.3, 0.4) is 0 Å². The number of aromatic nitrogens is 1. The highest BCUT2D eigenvalue weighted by atomic mass is 32.1. The van der Waals surface area contributed by atoms with Gasteiger partial charge in [0.05, 0.1) is 5.54 Å². The highest BCUT2D eigenvalue weighted by Gasteiger charge is 2.23. The maximum absolute atomic E-state index is 6.22. The zero-order valence-electron chi connectivity index (χ0n) is 11.0. The summed E-state index contributed by atoms with van der Waals surface area (Å²) in [6.07, 6.45) is 0.861.